The van der Waals surface area contributed by atoms with Crippen molar-refractivity contribution in [2.75, 3.05) is 32.8 Å². The van der Waals surface area contributed by atoms with E-state index >= 15 is 0 Å². The zero-order valence-electron chi connectivity index (χ0n) is 10.6. The van der Waals surface area contributed by atoms with Gasteiger partial charge in [-0.15, -0.1) is 0 Å². The van der Waals surface area contributed by atoms with Gasteiger partial charge in [0.2, 0.25) is 0 Å². The van der Waals surface area contributed by atoms with Crippen molar-refractivity contribution in [3.8, 4) is 5.75 Å². The second-order valence-electron chi connectivity index (χ2n) is 4.82. The fraction of sp³-hybridized carbons (Fsp3) is 0.571. The Morgan fingerprint density at radius 3 is 3.00 bits per heavy atom. The van der Waals surface area contributed by atoms with Crippen LogP contribution in [0.15, 0.2) is 24.3 Å². The van der Waals surface area contributed by atoms with Crippen molar-refractivity contribution in [1.82, 2.24) is 4.90 Å². The Morgan fingerprint density at radius 1 is 1.39 bits per heavy atom. The van der Waals surface area contributed by atoms with Gasteiger partial charge < -0.3 is 10.5 Å². The topological polar surface area (TPSA) is 38.5 Å². The highest BCUT2D eigenvalue weighted by atomic mass is 19.1. The number of ether oxygens (including phenoxy) is 1. The van der Waals surface area contributed by atoms with Gasteiger partial charge in [0, 0.05) is 13.1 Å². The molecule has 0 aliphatic carbocycles. The van der Waals surface area contributed by atoms with Gasteiger partial charge in [-0.25, -0.2) is 4.39 Å². The molecule has 1 aliphatic rings. The summed E-state index contributed by atoms with van der Waals surface area (Å²) in [5.74, 6) is 0.646. The molecular formula is C14H21FN2O. The van der Waals surface area contributed by atoms with Gasteiger partial charge in [-0.2, -0.15) is 0 Å². The number of rotatable bonds is 5. The van der Waals surface area contributed by atoms with Gasteiger partial charge in [0.15, 0.2) is 11.6 Å². The van der Waals surface area contributed by atoms with Crippen molar-refractivity contribution in [1.29, 1.82) is 0 Å². The molecule has 0 saturated carbocycles. The Balaban J connectivity index is 1.73. The number of hydrogen-bond donors (Lipinski definition) is 1. The Hall–Kier alpha value is -1.13. The minimum atomic E-state index is -0.295. The van der Waals surface area contributed by atoms with E-state index in [-0.39, 0.29) is 5.82 Å². The first-order valence-corrected chi connectivity index (χ1v) is 6.59. The first-order valence-electron chi connectivity index (χ1n) is 6.59. The van der Waals surface area contributed by atoms with Crippen molar-refractivity contribution in [2.45, 2.75) is 12.8 Å². The van der Waals surface area contributed by atoms with Crippen LogP contribution in [0.1, 0.15) is 12.8 Å². The van der Waals surface area contributed by atoms with Crippen LogP contribution in [-0.4, -0.2) is 37.7 Å². The van der Waals surface area contributed by atoms with Crippen molar-refractivity contribution in [3.63, 3.8) is 0 Å². The fourth-order valence-corrected chi connectivity index (χ4v) is 2.39. The van der Waals surface area contributed by atoms with E-state index < -0.39 is 0 Å². The lowest BCUT2D eigenvalue weighted by atomic mass is 9.98. The average Bonchev–Trinajstić information content (AvgIpc) is 2.41. The lowest BCUT2D eigenvalue weighted by Gasteiger charge is -2.31. The second kappa shape index (κ2) is 6.71. The largest absolute Gasteiger partial charge is 0.489 e. The minimum absolute atomic E-state index is 0.295. The van der Waals surface area contributed by atoms with Gasteiger partial charge >= 0.3 is 0 Å². The van der Waals surface area contributed by atoms with Crippen LogP contribution in [0.2, 0.25) is 0 Å². The van der Waals surface area contributed by atoms with Crippen LogP contribution in [0.4, 0.5) is 4.39 Å². The standard InChI is InChI=1S/C14H21FN2O/c15-13-5-1-2-6-14(13)18-9-8-17-7-3-4-12(10-16)11-17/h1-2,5-6,12H,3-4,7-11,16H2. The van der Waals surface area contributed by atoms with E-state index in [4.69, 9.17) is 10.5 Å². The number of nitrogens with zero attached hydrogens (tertiary/aromatic N) is 1. The molecule has 1 saturated heterocycles. The third-order valence-electron chi connectivity index (χ3n) is 3.44. The molecule has 100 valence electrons. The Morgan fingerprint density at radius 2 is 2.22 bits per heavy atom. The molecule has 2 N–H and O–H groups in total. The van der Waals surface area contributed by atoms with E-state index in [1.165, 1.54) is 18.9 Å². The second-order valence-corrected chi connectivity index (χ2v) is 4.82. The van der Waals surface area contributed by atoms with Gasteiger partial charge in [0.1, 0.15) is 6.61 Å². The summed E-state index contributed by atoms with van der Waals surface area (Å²) < 4.78 is 18.8. The molecule has 3 nitrogen and oxygen atoms in total. The summed E-state index contributed by atoms with van der Waals surface area (Å²) in [5.41, 5.74) is 5.70. The maximum atomic E-state index is 13.3. The van der Waals surface area contributed by atoms with Gasteiger partial charge in [0.05, 0.1) is 0 Å². The van der Waals surface area contributed by atoms with Crippen molar-refractivity contribution >= 4 is 0 Å². The Kier molecular flexibility index (Phi) is 4.96. The summed E-state index contributed by atoms with van der Waals surface area (Å²) in [5, 5.41) is 0. The molecule has 18 heavy (non-hydrogen) atoms. The summed E-state index contributed by atoms with van der Waals surface area (Å²) in [6.07, 6.45) is 2.42. The molecule has 1 atom stereocenters. The van der Waals surface area contributed by atoms with E-state index in [1.807, 2.05) is 0 Å². The number of piperidine rings is 1. The van der Waals surface area contributed by atoms with Crippen LogP contribution in [0.5, 0.6) is 5.75 Å². The highest BCUT2D eigenvalue weighted by molar-refractivity contribution is 5.23. The molecule has 1 aromatic rings. The molecule has 0 bridgehead atoms. The third-order valence-corrected chi connectivity index (χ3v) is 3.44. The Bertz CT molecular complexity index is 373. The molecule has 4 heteroatoms. The molecule has 0 aromatic heterocycles. The number of nitrogens with two attached hydrogens (primary N) is 1. The van der Waals surface area contributed by atoms with Gasteiger partial charge in [-0.1, -0.05) is 12.1 Å². The van der Waals surface area contributed by atoms with Crippen LogP contribution in [0.25, 0.3) is 0 Å². The van der Waals surface area contributed by atoms with E-state index in [2.05, 4.69) is 4.90 Å². The first kappa shape index (κ1) is 13.3. The predicted molar refractivity (Wildman–Crippen MR) is 70.1 cm³/mol. The lowest BCUT2D eigenvalue weighted by Crippen LogP contribution is -2.40. The van der Waals surface area contributed by atoms with Crippen LogP contribution in [0, 0.1) is 11.7 Å². The third kappa shape index (κ3) is 3.68. The molecule has 0 spiro atoms. The normalized spacial score (nSPS) is 20.9. The smallest absolute Gasteiger partial charge is 0.165 e. The zero-order valence-corrected chi connectivity index (χ0v) is 10.6. The molecule has 1 aliphatic heterocycles. The number of para-hydroxylation sites is 1. The first-order chi connectivity index (χ1) is 8.79. The predicted octanol–water partition coefficient (Wildman–Crippen LogP) is 1.88. The molecule has 1 aromatic carbocycles. The molecule has 2 rings (SSSR count). The van der Waals surface area contributed by atoms with E-state index in [0.717, 1.165) is 26.2 Å². The fourth-order valence-electron chi connectivity index (χ4n) is 2.39. The van der Waals surface area contributed by atoms with Crippen molar-refractivity contribution in [2.24, 2.45) is 11.7 Å². The molecule has 1 unspecified atom stereocenters. The maximum Gasteiger partial charge on any atom is 0.165 e. The zero-order chi connectivity index (χ0) is 12.8. The molecule has 1 fully saturated rings. The van der Waals surface area contributed by atoms with E-state index in [0.29, 0.717) is 18.3 Å². The summed E-state index contributed by atoms with van der Waals surface area (Å²) >= 11 is 0. The van der Waals surface area contributed by atoms with E-state index in [1.54, 1.807) is 18.2 Å². The number of benzene rings is 1. The van der Waals surface area contributed by atoms with Crippen LogP contribution < -0.4 is 10.5 Å². The molecular weight excluding hydrogens is 231 g/mol. The van der Waals surface area contributed by atoms with Crippen molar-refractivity contribution in [3.05, 3.63) is 30.1 Å². The lowest BCUT2D eigenvalue weighted by molar-refractivity contribution is 0.148. The van der Waals surface area contributed by atoms with Gasteiger partial charge in [-0.05, 0) is 44.0 Å². The van der Waals surface area contributed by atoms with Crippen LogP contribution in [-0.2, 0) is 0 Å². The van der Waals surface area contributed by atoms with Gasteiger partial charge in [-0.3, -0.25) is 4.90 Å². The number of halogens is 1. The highest BCUT2D eigenvalue weighted by Gasteiger charge is 2.18. The maximum absolute atomic E-state index is 13.3. The monoisotopic (exact) mass is 252 g/mol. The van der Waals surface area contributed by atoms with Crippen molar-refractivity contribution < 1.29 is 9.13 Å². The van der Waals surface area contributed by atoms with Crippen LogP contribution in [0.3, 0.4) is 0 Å². The number of hydrogen-bond acceptors (Lipinski definition) is 3. The molecule has 1 heterocycles. The van der Waals surface area contributed by atoms with Crippen LogP contribution >= 0.6 is 0 Å². The highest BCUT2D eigenvalue weighted by Crippen LogP contribution is 2.17. The summed E-state index contributed by atoms with van der Waals surface area (Å²) in [6, 6.07) is 6.53. The van der Waals surface area contributed by atoms with E-state index in [9.17, 15) is 4.39 Å². The molecule has 0 radical (unpaired) electrons. The summed E-state index contributed by atoms with van der Waals surface area (Å²) in [6.45, 7) is 4.25. The Labute approximate surface area is 108 Å². The number of likely N-dealkylation sites (tertiary alicyclic amines) is 1. The van der Waals surface area contributed by atoms with Gasteiger partial charge in [0.25, 0.3) is 0 Å². The minimum Gasteiger partial charge on any atom is -0.489 e. The summed E-state index contributed by atoms with van der Waals surface area (Å²) in [7, 11) is 0. The SMILES string of the molecule is NCC1CCCN(CCOc2ccccc2F)C1. The average molecular weight is 252 g/mol. The quantitative estimate of drug-likeness (QED) is 0.869. The molecule has 0 amide bonds. The summed E-state index contributed by atoms with van der Waals surface area (Å²) in [4.78, 5) is 2.35.